The van der Waals surface area contributed by atoms with Crippen molar-refractivity contribution in [2.45, 2.75) is 130 Å². The van der Waals surface area contributed by atoms with E-state index in [1.54, 1.807) is 6.92 Å². The van der Waals surface area contributed by atoms with Gasteiger partial charge in [-0.15, -0.1) is 0 Å². The minimum atomic E-state index is -0.745. The number of nitrogens with zero attached hydrogens (tertiary/aromatic N) is 2. The van der Waals surface area contributed by atoms with Crippen LogP contribution in [0.4, 0.5) is 14.4 Å². The predicted octanol–water partition coefficient (Wildman–Crippen LogP) is 5.42. The summed E-state index contributed by atoms with van der Waals surface area (Å²) >= 11 is 1.51. The lowest BCUT2D eigenvalue weighted by atomic mass is 10.0. The van der Waals surface area contributed by atoms with E-state index >= 15 is 0 Å². The molecule has 0 bridgehead atoms. The van der Waals surface area contributed by atoms with Crippen LogP contribution >= 0.6 is 11.8 Å². The van der Waals surface area contributed by atoms with Gasteiger partial charge in [0.15, 0.2) is 6.20 Å². The molecule has 1 heterocycles. The van der Waals surface area contributed by atoms with Crippen molar-refractivity contribution in [1.82, 2.24) is 10.2 Å². The number of thioether (sulfide) groups is 1. The molecule has 3 amide bonds. The molecular weight excluding hydrogens is 705 g/mol. The number of aromatic nitrogens is 1. The van der Waals surface area contributed by atoms with Crippen LogP contribution < -0.4 is 33.9 Å². The predicted molar refractivity (Wildman–Crippen MR) is 178 cm³/mol. The van der Waals surface area contributed by atoms with Gasteiger partial charge in [-0.2, -0.15) is 11.8 Å². The first kappa shape index (κ1) is 43.2. The highest BCUT2D eigenvalue weighted by molar-refractivity contribution is 7.99. The summed E-state index contributed by atoms with van der Waals surface area (Å²) in [5.74, 6) is 1.11. The van der Waals surface area contributed by atoms with E-state index in [0.717, 1.165) is 23.4 Å². The van der Waals surface area contributed by atoms with Crippen LogP contribution in [0.5, 0.6) is 0 Å². The summed E-state index contributed by atoms with van der Waals surface area (Å²) in [5, 5.41) is 2.82. The molecule has 0 spiro atoms. The Morgan fingerprint density at radius 2 is 1.27 bits per heavy atom. The second-order valence-electron chi connectivity index (χ2n) is 11.0. The minimum Gasteiger partial charge on any atom is -1.00 e. The maximum absolute atomic E-state index is 12.6. The van der Waals surface area contributed by atoms with Crippen LogP contribution in [-0.4, -0.2) is 61.1 Å². The van der Waals surface area contributed by atoms with Gasteiger partial charge in [-0.25, -0.2) is 23.9 Å². The van der Waals surface area contributed by atoms with Crippen LogP contribution in [0.2, 0.25) is 0 Å². The number of halogens is 1. The molecule has 0 unspecified atom stereocenters. The van der Waals surface area contributed by atoms with E-state index in [-0.39, 0.29) is 50.3 Å². The maximum atomic E-state index is 12.6. The van der Waals surface area contributed by atoms with Crippen LogP contribution in [0, 0.1) is 0 Å². The van der Waals surface area contributed by atoms with Gasteiger partial charge in [-0.05, 0) is 20.3 Å². The van der Waals surface area contributed by atoms with Gasteiger partial charge in [0, 0.05) is 30.2 Å². The number of hydrogen-bond donors (Lipinski definition) is 1. The molecule has 0 aromatic carbocycles. The molecule has 0 aliphatic rings. The highest BCUT2D eigenvalue weighted by atomic mass is 127. The minimum absolute atomic E-state index is 0. The molecule has 1 rings (SSSR count). The number of unbranched alkanes of at least 4 members (excludes halogenated alkanes) is 14. The van der Waals surface area contributed by atoms with Gasteiger partial charge in [0.2, 0.25) is 5.69 Å². The van der Waals surface area contributed by atoms with Gasteiger partial charge in [0.1, 0.15) is 26.3 Å². The van der Waals surface area contributed by atoms with Crippen LogP contribution in [0.3, 0.4) is 0 Å². The van der Waals surface area contributed by atoms with Crippen molar-refractivity contribution in [3.8, 4) is 0 Å². The first-order valence-corrected chi connectivity index (χ1v) is 18.3. The average molecular weight is 766 g/mol. The second kappa shape index (κ2) is 30.9. The molecule has 0 radical (unpaired) electrons. The monoisotopic (exact) mass is 765 g/mol. The largest absolute Gasteiger partial charge is 1.00 e. The summed E-state index contributed by atoms with van der Waals surface area (Å²) in [6.07, 6.45) is 19.8. The van der Waals surface area contributed by atoms with Gasteiger partial charge < -0.3 is 43.5 Å². The summed E-state index contributed by atoms with van der Waals surface area (Å²) in [4.78, 5) is 37.9. The molecule has 0 atom stereocenters. The highest BCUT2D eigenvalue weighted by Crippen LogP contribution is 2.13. The fourth-order valence-electron chi connectivity index (χ4n) is 4.83. The zero-order chi connectivity index (χ0) is 32.1. The zero-order valence-electron chi connectivity index (χ0n) is 28.2. The number of carbonyl (C=O) groups excluding carboxylic acids is 3. The Labute approximate surface area is 294 Å². The van der Waals surface area contributed by atoms with Crippen molar-refractivity contribution >= 4 is 30.0 Å². The summed E-state index contributed by atoms with van der Waals surface area (Å²) in [7, 11) is 0. The molecule has 0 aliphatic heterocycles. The normalized spacial score (nSPS) is 10.6. The molecule has 1 aromatic heterocycles. The molecule has 0 fully saturated rings. The third kappa shape index (κ3) is 23.2. The quantitative estimate of drug-likeness (QED) is 0.0583. The van der Waals surface area contributed by atoms with Gasteiger partial charge in [-0.3, -0.25) is 0 Å². The van der Waals surface area contributed by atoms with Gasteiger partial charge >= 0.3 is 18.3 Å². The van der Waals surface area contributed by atoms with Crippen molar-refractivity contribution in [1.29, 1.82) is 0 Å². The Bertz CT molecular complexity index is 895. The van der Waals surface area contributed by atoms with E-state index in [4.69, 9.17) is 14.2 Å². The number of ether oxygens (including phenoxy) is 3. The van der Waals surface area contributed by atoms with E-state index in [1.165, 1.54) is 95.2 Å². The van der Waals surface area contributed by atoms with Crippen LogP contribution in [-0.2, 0) is 27.3 Å². The number of amides is 3. The van der Waals surface area contributed by atoms with Crippen molar-refractivity contribution < 1.29 is 57.1 Å². The first-order valence-electron chi connectivity index (χ1n) is 17.1. The number of aryl methyl sites for hydroxylation is 1. The van der Waals surface area contributed by atoms with Crippen molar-refractivity contribution in [2.24, 2.45) is 0 Å². The second-order valence-corrected chi connectivity index (χ2v) is 12.2. The summed E-state index contributed by atoms with van der Waals surface area (Å²) in [5.41, 5.74) is 0.796. The molecule has 9 nitrogen and oxygen atoms in total. The fraction of sp³-hybridized carbons (Fsp3) is 0.765. The Kier molecular flexibility index (Phi) is 29.7. The molecular formula is C34H60IN3O6S. The number of nitrogens with one attached hydrogen (secondary N) is 1. The fourth-order valence-corrected chi connectivity index (χ4v) is 5.44. The number of pyridine rings is 1. The lowest BCUT2D eigenvalue weighted by molar-refractivity contribution is -0.701. The van der Waals surface area contributed by atoms with Crippen LogP contribution in [0.25, 0.3) is 0 Å². The Hall–Kier alpha value is -1.76. The summed E-state index contributed by atoms with van der Waals surface area (Å²) < 4.78 is 17.6. The molecule has 0 saturated heterocycles. The third-order valence-corrected chi connectivity index (χ3v) is 8.28. The topological polar surface area (TPSA) is 98.0 Å². The highest BCUT2D eigenvalue weighted by Gasteiger charge is 2.27. The summed E-state index contributed by atoms with van der Waals surface area (Å²) in [6.45, 7) is 7.92. The number of hydrogen-bond acceptors (Lipinski definition) is 7. The third-order valence-electron chi connectivity index (χ3n) is 7.37. The Balaban J connectivity index is 0.0000194. The molecule has 45 heavy (non-hydrogen) atoms. The lowest BCUT2D eigenvalue weighted by Gasteiger charge is -2.18. The average Bonchev–Trinajstić information content (AvgIpc) is 3.03. The van der Waals surface area contributed by atoms with Crippen molar-refractivity contribution in [2.75, 3.05) is 37.9 Å². The van der Waals surface area contributed by atoms with E-state index in [0.29, 0.717) is 24.6 Å². The van der Waals surface area contributed by atoms with Crippen molar-refractivity contribution in [3.05, 3.63) is 30.1 Å². The van der Waals surface area contributed by atoms with Crippen molar-refractivity contribution in [3.63, 3.8) is 0 Å². The standard InChI is InChI=1S/C34H59N3O6S.HI/c1-4-7-8-9-10-11-12-13-14-15-16-17-18-19-21-24-35-32(38)42-26-28-44-29-27-43-34(40)37(33(39)41-6-3)30-31-23-20-22-25-36(31)5-2;/h20,22-23,25H,4-19,21,24,26-30H2,1-3H3;1H. The van der Waals surface area contributed by atoms with E-state index < -0.39 is 18.3 Å². The van der Waals surface area contributed by atoms with E-state index in [9.17, 15) is 14.4 Å². The molecule has 11 heteroatoms. The van der Waals surface area contributed by atoms with E-state index in [1.807, 2.05) is 35.9 Å². The first-order chi connectivity index (χ1) is 21.5. The number of carbonyl (C=O) groups is 3. The van der Waals surface area contributed by atoms with Gasteiger partial charge in [0.05, 0.1) is 6.61 Å². The smallest absolute Gasteiger partial charge is 0.419 e. The van der Waals surface area contributed by atoms with Crippen LogP contribution in [0.15, 0.2) is 24.4 Å². The molecule has 1 aromatic rings. The zero-order valence-corrected chi connectivity index (χ0v) is 31.2. The number of alkyl carbamates (subject to hydrolysis) is 1. The molecule has 0 aliphatic carbocycles. The maximum Gasteiger partial charge on any atom is 0.419 e. The molecule has 0 saturated carbocycles. The Morgan fingerprint density at radius 1 is 0.733 bits per heavy atom. The Morgan fingerprint density at radius 3 is 1.82 bits per heavy atom. The number of rotatable bonds is 26. The van der Waals surface area contributed by atoms with Gasteiger partial charge in [0.25, 0.3) is 0 Å². The van der Waals surface area contributed by atoms with Crippen LogP contribution in [0.1, 0.15) is 123 Å². The molecule has 260 valence electrons. The SMILES string of the molecule is CCCCCCCCCCCCCCCCCNC(=O)OCCSCCOC(=O)N(Cc1cccc[n+]1CC)C(=O)OCC.[I-]. The molecule has 1 N–H and O–H groups in total. The van der Waals surface area contributed by atoms with Gasteiger partial charge in [-0.1, -0.05) is 103 Å². The van der Waals surface area contributed by atoms with E-state index in [2.05, 4.69) is 12.2 Å². The summed E-state index contributed by atoms with van der Waals surface area (Å²) in [6, 6.07) is 5.61. The number of imide groups is 1. The lowest BCUT2D eigenvalue weighted by Crippen LogP contribution is -3.00.